The molecule has 31 heavy (non-hydrogen) atoms. The maximum atomic E-state index is 12.9. The van der Waals surface area contributed by atoms with E-state index in [1.54, 1.807) is 25.4 Å². The topological polar surface area (TPSA) is 60.9 Å². The van der Waals surface area contributed by atoms with Crippen molar-refractivity contribution in [1.82, 2.24) is 9.88 Å². The Balaban J connectivity index is 1.36. The molecular weight excluding hydrogens is 392 g/mol. The van der Waals surface area contributed by atoms with Gasteiger partial charge in [-0.05, 0) is 42.3 Å². The van der Waals surface area contributed by atoms with Crippen molar-refractivity contribution in [3.63, 3.8) is 0 Å². The molecule has 0 bridgehead atoms. The summed E-state index contributed by atoms with van der Waals surface area (Å²) in [6.45, 7) is 1.94. The molecule has 6 nitrogen and oxygen atoms in total. The first-order valence-corrected chi connectivity index (χ1v) is 10.2. The second kappa shape index (κ2) is 8.24. The zero-order valence-electron chi connectivity index (χ0n) is 17.2. The number of Topliss-reactive ketones (excluding diaryl/α,β-unsaturated/α-hetero) is 1. The molecule has 0 fully saturated rings. The molecular formula is C25H22N2O4. The predicted molar refractivity (Wildman–Crippen MR) is 116 cm³/mol. The predicted octanol–water partition coefficient (Wildman–Crippen LogP) is 4.10. The van der Waals surface area contributed by atoms with Crippen LogP contribution in [0.15, 0.2) is 66.6 Å². The van der Waals surface area contributed by atoms with Crippen molar-refractivity contribution in [2.24, 2.45) is 0 Å². The van der Waals surface area contributed by atoms with Crippen LogP contribution in [0.2, 0.25) is 0 Å². The van der Waals surface area contributed by atoms with E-state index in [1.807, 2.05) is 42.5 Å². The van der Waals surface area contributed by atoms with Crippen LogP contribution in [0.5, 0.6) is 17.2 Å². The SMILES string of the molecule is COc1ccccc1CCN1COc2ccc3c(c2C1)O/C(=C\c1ccccn1)C3=O. The molecule has 156 valence electrons. The third-order valence-electron chi connectivity index (χ3n) is 5.54. The largest absolute Gasteiger partial charge is 0.496 e. The number of fused-ring (bicyclic) bond motifs is 3. The van der Waals surface area contributed by atoms with Crippen LogP contribution >= 0.6 is 0 Å². The van der Waals surface area contributed by atoms with Gasteiger partial charge in [0.05, 0.1) is 23.9 Å². The minimum Gasteiger partial charge on any atom is -0.496 e. The summed E-state index contributed by atoms with van der Waals surface area (Å²) in [5.74, 6) is 2.40. The summed E-state index contributed by atoms with van der Waals surface area (Å²) in [7, 11) is 1.69. The van der Waals surface area contributed by atoms with Gasteiger partial charge in [0.1, 0.15) is 24.0 Å². The van der Waals surface area contributed by atoms with E-state index in [4.69, 9.17) is 14.2 Å². The van der Waals surface area contributed by atoms with Gasteiger partial charge in [0.2, 0.25) is 5.78 Å². The number of para-hydroxylation sites is 1. The summed E-state index contributed by atoms with van der Waals surface area (Å²) in [4.78, 5) is 19.3. The molecule has 1 aromatic heterocycles. The first-order chi connectivity index (χ1) is 15.2. The van der Waals surface area contributed by atoms with Gasteiger partial charge in [0, 0.05) is 25.4 Å². The molecule has 0 atom stereocenters. The fourth-order valence-corrected chi connectivity index (χ4v) is 3.93. The highest BCUT2D eigenvalue weighted by Gasteiger charge is 2.33. The van der Waals surface area contributed by atoms with E-state index < -0.39 is 0 Å². The van der Waals surface area contributed by atoms with Crippen molar-refractivity contribution in [2.75, 3.05) is 20.4 Å². The van der Waals surface area contributed by atoms with Gasteiger partial charge in [-0.1, -0.05) is 24.3 Å². The number of hydrogen-bond donors (Lipinski definition) is 0. The summed E-state index contributed by atoms with van der Waals surface area (Å²) in [6.07, 6.45) is 4.20. The number of ketones is 1. The smallest absolute Gasteiger partial charge is 0.232 e. The summed E-state index contributed by atoms with van der Waals surface area (Å²) in [6, 6.07) is 17.2. The Bertz CT molecular complexity index is 1160. The van der Waals surface area contributed by atoms with Crippen LogP contribution < -0.4 is 14.2 Å². The molecule has 0 amide bonds. The molecule has 0 aliphatic carbocycles. The lowest BCUT2D eigenvalue weighted by molar-refractivity contribution is 0.0948. The summed E-state index contributed by atoms with van der Waals surface area (Å²) in [5, 5.41) is 0. The van der Waals surface area contributed by atoms with Crippen LogP contribution in [-0.4, -0.2) is 36.1 Å². The highest BCUT2D eigenvalue weighted by atomic mass is 16.5. The second-order valence-corrected chi connectivity index (χ2v) is 7.50. The number of hydrogen-bond acceptors (Lipinski definition) is 6. The van der Waals surface area contributed by atoms with E-state index in [1.165, 1.54) is 0 Å². The van der Waals surface area contributed by atoms with Crippen molar-refractivity contribution in [3.05, 3.63) is 88.9 Å². The molecule has 6 heteroatoms. The van der Waals surface area contributed by atoms with Crippen LogP contribution in [0.4, 0.5) is 0 Å². The quantitative estimate of drug-likeness (QED) is 0.586. The van der Waals surface area contributed by atoms with Crippen molar-refractivity contribution in [2.45, 2.75) is 13.0 Å². The van der Waals surface area contributed by atoms with Gasteiger partial charge >= 0.3 is 0 Å². The Hall–Kier alpha value is -3.64. The maximum absolute atomic E-state index is 12.9. The Morgan fingerprint density at radius 3 is 2.84 bits per heavy atom. The highest BCUT2D eigenvalue weighted by molar-refractivity contribution is 6.14. The number of nitrogens with zero attached hydrogens (tertiary/aromatic N) is 2. The van der Waals surface area contributed by atoms with Gasteiger partial charge in [-0.2, -0.15) is 0 Å². The van der Waals surface area contributed by atoms with Gasteiger partial charge in [-0.3, -0.25) is 14.7 Å². The molecule has 2 aromatic carbocycles. The summed E-state index contributed by atoms with van der Waals surface area (Å²) in [5.41, 5.74) is 3.31. The second-order valence-electron chi connectivity index (χ2n) is 7.50. The number of methoxy groups -OCH3 is 1. The van der Waals surface area contributed by atoms with E-state index in [9.17, 15) is 4.79 Å². The van der Waals surface area contributed by atoms with Crippen LogP contribution in [0.3, 0.4) is 0 Å². The number of carbonyl (C=O) groups excluding carboxylic acids is 1. The lowest BCUT2D eigenvalue weighted by atomic mass is 10.0. The first kappa shape index (κ1) is 19.3. The molecule has 0 saturated carbocycles. The molecule has 0 saturated heterocycles. The Morgan fingerprint density at radius 1 is 1.13 bits per heavy atom. The molecule has 2 aliphatic heterocycles. The Labute approximate surface area is 180 Å². The average molecular weight is 414 g/mol. The van der Waals surface area contributed by atoms with Gasteiger partial charge < -0.3 is 14.2 Å². The lowest BCUT2D eigenvalue weighted by Crippen LogP contribution is -2.33. The van der Waals surface area contributed by atoms with E-state index in [0.29, 0.717) is 30.3 Å². The lowest BCUT2D eigenvalue weighted by Gasteiger charge is -2.29. The molecule has 0 N–H and O–H groups in total. The number of carbonyl (C=O) groups is 1. The van der Waals surface area contributed by atoms with E-state index >= 15 is 0 Å². The molecule has 2 aliphatic rings. The van der Waals surface area contributed by atoms with Crippen LogP contribution in [0.1, 0.15) is 27.2 Å². The van der Waals surface area contributed by atoms with Gasteiger partial charge in [0.25, 0.3) is 0 Å². The third-order valence-corrected chi connectivity index (χ3v) is 5.54. The molecule has 0 unspecified atom stereocenters. The maximum Gasteiger partial charge on any atom is 0.232 e. The fraction of sp³-hybridized carbons (Fsp3) is 0.200. The number of rotatable bonds is 5. The van der Waals surface area contributed by atoms with E-state index in [-0.39, 0.29) is 11.5 Å². The average Bonchev–Trinajstić information content (AvgIpc) is 3.14. The van der Waals surface area contributed by atoms with Gasteiger partial charge in [-0.15, -0.1) is 0 Å². The number of benzene rings is 2. The van der Waals surface area contributed by atoms with Crippen LogP contribution in [-0.2, 0) is 13.0 Å². The van der Waals surface area contributed by atoms with Crippen molar-refractivity contribution in [3.8, 4) is 17.2 Å². The molecule has 0 radical (unpaired) electrons. The highest BCUT2D eigenvalue weighted by Crippen LogP contribution is 2.42. The number of pyridine rings is 1. The Kier molecular flexibility index (Phi) is 5.14. The molecule has 5 rings (SSSR count). The van der Waals surface area contributed by atoms with Crippen molar-refractivity contribution < 1.29 is 19.0 Å². The molecule has 0 spiro atoms. The minimum absolute atomic E-state index is 0.130. The Morgan fingerprint density at radius 2 is 2.00 bits per heavy atom. The zero-order chi connectivity index (χ0) is 21.2. The first-order valence-electron chi connectivity index (χ1n) is 10.2. The van der Waals surface area contributed by atoms with Crippen LogP contribution in [0.25, 0.3) is 6.08 Å². The fourth-order valence-electron chi connectivity index (χ4n) is 3.93. The van der Waals surface area contributed by atoms with Crippen LogP contribution in [0, 0.1) is 0 Å². The molecule has 3 aromatic rings. The minimum atomic E-state index is -0.130. The normalized spacial score (nSPS) is 16.4. The third kappa shape index (κ3) is 3.78. The standard InChI is InChI=1S/C25H22N2O4/c1-29-21-8-3-2-6-17(21)11-13-27-15-20-22(30-16-27)10-9-19-24(28)23(31-25(19)20)14-18-7-4-5-12-26-18/h2-10,12,14H,11,13,15-16H2,1H3/b23-14-. The number of allylic oxidation sites excluding steroid dienone is 1. The molecule has 3 heterocycles. The summed E-state index contributed by atoms with van der Waals surface area (Å²) < 4.78 is 17.4. The monoisotopic (exact) mass is 414 g/mol. The van der Waals surface area contributed by atoms with Gasteiger partial charge in [-0.25, -0.2) is 0 Å². The summed E-state index contributed by atoms with van der Waals surface area (Å²) >= 11 is 0. The van der Waals surface area contributed by atoms with E-state index in [0.717, 1.165) is 35.6 Å². The van der Waals surface area contributed by atoms with Crippen molar-refractivity contribution in [1.29, 1.82) is 0 Å². The number of ether oxygens (including phenoxy) is 3. The van der Waals surface area contributed by atoms with Gasteiger partial charge in [0.15, 0.2) is 5.76 Å². The number of aromatic nitrogens is 1. The zero-order valence-corrected chi connectivity index (χ0v) is 17.2. The van der Waals surface area contributed by atoms with Crippen molar-refractivity contribution >= 4 is 11.9 Å². The van der Waals surface area contributed by atoms with E-state index in [2.05, 4.69) is 16.0 Å².